The number of carbonyl (C=O) groups excluding carboxylic acids is 2. The topological polar surface area (TPSA) is 132 Å². The Balaban J connectivity index is 1.89. The molecule has 9 heteroatoms. The highest BCUT2D eigenvalue weighted by Crippen LogP contribution is 2.16. The van der Waals surface area contributed by atoms with Crippen LogP contribution in [0.1, 0.15) is 17.5 Å². The normalized spacial score (nSPS) is 11.7. The van der Waals surface area contributed by atoms with Crippen LogP contribution in [0.25, 0.3) is 6.08 Å². The maximum atomic E-state index is 12.2. The standard InChI is InChI=1S/C22H24BN3O5/c1-25-22(28)18(15-24)12-17-8-5-9-19(13-17)31-11-10-21(27)26-20(23(29)30)14-16-6-3-2-4-7-16/h2-9,12-13,20,29-30H,10-11,14H2,1H3,(H,25,28)(H,26,27). The van der Waals surface area contributed by atoms with Crippen LogP contribution in [0.3, 0.4) is 0 Å². The van der Waals surface area contributed by atoms with Crippen molar-refractivity contribution >= 4 is 25.0 Å². The lowest BCUT2D eigenvalue weighted by atomic mass is 9.76. The number of rotatable bonds is 10. The van der Waals surface area contributed by atoms with Crippen LogP contribution in [0.15, 0.2) is 60.2 Å². The molecule has 0 bridgehead atoms. The molecular weight excluding hydrogens is 397 g/mol. The van der Waals surface area contributed by atoms with Crippen molar-refractivity contribution in [2.24, 2.45) is 0 Å². The van der Waals surface area contributed by atoms with Gasteiger partial charge in [0.1, 0.15) is 17.4 Å². The first-order valence-electron chi connectivity index (χ1n) is 9.69. The largest absolute Gasteiger partial charge is 0.493 e. The van der Waals surface area contributed by atoms with E-state index in [9.17, 15) is 19.6 Å². The van der Waals surface area contributed by atoms with E-state index in [2.05, 4.69) is 10.6 Å². The molecule has 0 saturated carbocycles. The summed E-state index contributed by atoms with van der Waals surface area (Å²) in [5, 5.41) is 33.2. The van der Waals surface area contributed by atoms with Crippen molar-refractivity contribution in [3.8, 4) is 11.8 Å². The van der Waals surface area contributed by atoms with E-state index in [0.29, 0.717) is 11.3 Å². The second kappa shape index (κ2) is 12.2. The van der Waals surface area contributed by atoms with Crippen molar-refractivity contribution in [3.63, 3.8) is 0 Å². The molecule has 31 heavy (non-hydrogen) atoms. The molecule has 2 aromatic carbocycles. The van der Waals surface area contributed by atoms with E-state index in [1.54, 1.807) is 24.3 Å². The summed E-state index contributed by atoms with van der Waals surface area (Å²) in [6.07, 6.45) is 1.74. The van der Waals surface area contributed by atoms with Gasteiger partial charge in [0.25, 0.3) is 5.91 Å². The highest BCUT2D eigenvalue weighted by molar-refractivity contribution is 6.43. The van der Waals surface area contributed by atoms with Gasteiger partial charge >= 0.3 is 7.12 Å². The summed E-state index contributed by atoms with van der Waals surface area (Å²) in [6, 6.07) is 17.8. The van der Waals surface area contributed by atoms with Gasteiger partial charge in [0, 0.05) is 7.05 Å². The van der Waals surface area contributed by atoms with E-state index in [4.69, 9.17) is 10.00 Å². The zero-order chi connectivity index (χ0) is 22.6. The number of hydrogen-bond donors (Lipinski definition) is 4. The van der Waals surface area contributed by atoms with Crippen molar-refractivity contribution in [1.29, 1.82) is 5.26 Å². The van der Waals surface area contributed by atoms with Crippen LogP contribution >= 0.6 is 0 Å². The van der Waals surface area contributed by atoms with Gasteiger partial charge in [-0.1, -0.05) is 42.5 Å². The molecule has 2 aromatic rings. The summed E-state index contributed by atoms with van der Waals surface area (Å²) in [5.74, 6) is -1.23. The average molecular weight is 421 g/mol. The SMILES string of the molecule is CNC(=O)C(C#N)=Cc1cccc(OCCC(=O)NC(Cc2ccccc2)B(O)O)c1. The van der Waals surface area contributed by atoms with Crippen molar-refractivity contribution in [1.82, 2.24) is 10.6 Å². The zero-order valence-electron chi connectivity index (χ0n) is 17.1. The van der Waals surface area contributed by atoms with Crippen molar-refractivity contribution in [3.05, 3.63) is 71.3 Å². The maximum Gasteiger partial charge on any atom is 0.475 e. The number of carbonyl (C=O) groups is 2. The number of nitriles is 1. The Kier molecular flexibility index (Phi) is 9.30. The third kappa shape index (κ3) is 7.97. The van der Waals surface area contributed by atoms with Gasteiger partial charge < -0.3 is 25.4 Å². The molecule has 0 aromatic heterocycles. The molecule has 0 aliphatic carbocycles. The predicted octanol–water partition coefficient (Wildman–Crippen LogP) is 0.848. The van der Waals surface area contributed by atoms with Gasteiger partial charge in [-0.05, 0) is 35.8 Å². The number of amides is 2. The lowest BCUT2D eigenvalue weighted by molar-refractivity contribution is -0.122. The molecule has 0 radical (unpaired) electrons. The Labute approximate surface area is 181 Å². The summed E-state index contributed by atoms with van der Waals surface area (Å²) in [5.41, 5.74) is 1.44. The number of likely N-dealkylation sites (N-methyl/N-ethyl adjacent to an activating group) is 1. The minimum atomic E-state index is -1.69. The van der Waals surface area contributed by atoms with E-state index in [0.717, 1.165) is 5.56 Å². The fraction of sp³-hybridized carbons (Fsp3) is 0.227. The van der Waals surface area contributed by atoms with Crippen molar-refractivity contribution < 1.29 is 24.4 Å². The Morgan fingerprint density at radius 3 is 2.58 bits per heavy atom. The number of hydrogen-bond acceptors (Lipinski definition) is 6. The van der Waals surface area contributed by atoms with Crippen LogP contribution in [0, 0.1) is 11.3 Å². The first kappa shape index (κ1) is 23.7. The van der Waals surface area contributed by atoms with Gasteiger partial charge in [0.2, 0.25) is 5.91 Å². The summed E-state index contributed by atoms with van der Waals surface area (Å²) in [6.45, 7) is 0.0686. The van der Waals surface area contributed by atoms with Crippen LogP contribution in [-0.4, -0.2) is 48.6 Å². The average Bonchev–Trinajstić information content (AvgIpc) is 2.77. The monoisotopic (exact) mass is 421 g/mol. The second-order valence-corrected chi connectivity index (χ2v) is 6.70. The minimum Gasteiger partial charge on any atom is -0.493 e. The quantitative estimate of drug-likeness (QED) is 0.256. The van der Waals surface area contributed by atoms with E-state index in [1.807, 2.05) is 36.4 Å². The molecule has 8 nitrogen and oxygen atoms in total. The van der Waals surface area contributed by atoms with Gasteiger partial charge in [0.05, 0.1) is 19.0 Å². The molecular formula is C22H24BN3O5. The fourth-order valence-electron chi connectivity index (χ4n) is 2.78. The Hall–Kier alpha value is -3.61. The highest BCUT2D eigenvalue weighted by Gasteiger charge is 2.25. The molecule has 1 atom stereocenters. The highest BCUT2D eigenvalue weighted by atomic mass is 16.5. The summed E-state index contributed by atoms with van der Waals surface area (Å²) in [4.78, 5) is 23.8. The van der Waals surface area contributed by atoms with Crippen molar-refractivity contribution in [2.45, 2.75) is 18.8 Å². The van der Waals surface area contributed by atoms with Crippen LogP contribution < -0.4 is 15.4 Å². The van der Waals surface area contributed by atoms with Gasteiger partial charge in [-0.3, -0.25) is 9.59 Å². The third-order valence-electron chi connectivity index (χ3n) is 4.36. The molecule has 0 aliphatic rings. The first-order chi connectivity index (χ1) is 14.9. The molecule has 2 rings (SSSR count). The molecule has 2 amide bonds. The van der Waals surface area contributed by atoms with Crippen LogP contribution in [-0.2, 0) is 16.0 Å². The lowest BCUT2D eigenvalue weighted by Gasteiger charge is -2.18. The molecule has 160 valence electrons. The van der Waals surface area contributed by atoms with Gasteiger partial charge in [0.15, 0.2) is 0 Å². The summed E-state index contributed by atoms with van der Waals surface area (Å²) >= 11 is 0. The summed E-state index contributed by atoms with van der Waals surface area (Å²) in [7, 11) is -0.249. The molecule has 0 spiro atoms. The van der Waals surface area contributed by atoms with E-state index in [-0.39, 0.29) is 30.9 Å². The molecule has 1 unspecified atom stereocenters. The molecule has 0 aliphatic heterocycles. The number of nitrogens with zero attached hydrogens (tertiary/aromatic N) is 1. The fourth-order valence-corrected chi connectivity index (χ4v) is 2.78. The number of ether oxygens (including phenoxy) is 1. The number of benzene rings is 2. The molecule has 0 heterocycles. The lowest BCUT2D eigenvalue weighted by Crippen LogP contribution is -2.48. The van der Waals surface area contributed by atoms with Gasteiger partial charge in [-0.2, -0.15) is 5.26 Å². The summed E-state index contributed by atoms with van der Waals surface area (Å²) < 4.78 is 5.58. The maximum absolute atomic E-state index is 12.2. The van der Waals surface area contributed by atoms with E-state index >= 15 is 0 Å². The zero-order valence-corrected chi connectivity index (χ0v) is 17.1. The molecule has 0 fully saturated rings. The Morgan fingerprint density at radius 2 is 1.94 bits per heavy atom. The smallest absolute Gasteiger partial charge is 0.475 e. The Morgan fingerprint density at radius 1 is 1.19 bits per heavy atom. The van der Waals surface area contributed by atoms with Crippen LogP contribution in [0.2, 0.25) is 0 Å². The first-order valence-corrected chi connectivity index (χ1v) is 9.69. The minimum absolute atomic E-state index is 0.0137. The van der Waals surface area contributed by atoms with Gasteiger partial charge in [-0.15, -0.1) is 0 Å². The second-order valence-electron chi connectivity index (χ2n) is 6.70. The van der Waals surface area contributed by atoms with E-state index < -0.39 is 19.0 Å². The third-order valence-corrected chi connectivity index (χ3v) is 4.36. The van der Waals surface area contributed by atoms with Crippen LogP contribution in [0.5, 0.6) is 5.75 Å². The van der Waals surface area contributed by atoms with Gasteiger partial charge in [-0.25, -0.2) is 0 Å². The van der Waals surface area contributed by atoms with E-state index in [1.165, 1.54) is 13.1 Å². The molecule has 0 saturated heterocycles. The predicted molar refractivity (Wildman–Crippen MR) is 116 cm³/mol. The molecule has 4 N–H and O–H groups in total. The van der Waals surface area contributed by atoms with Crippen LogP contribution in [0.4, 0.5) is 0 Å². The number of nitrogens with one attached hydrogen (secondary N) is 2. The van der Waals surface area contributed by atoms with Crippen molar-refractivity contribution in [2.75, 3.05) is 13.7 Å². The Bertz CT molecular complexity index is 957.